The summed E-state index contributed by atoms with van der Waals surface area (Å²) >= 11 is 1.85. The number of nitrogens with one attached hydrogen (secondary N) is 1. The first kappa shape index (κ1) is 19.9. The van der Waals surface area contributed by atoms with Crippen molar-refractivity contribution in [3.63, 3.8) is 0 Å². The van der Waals surface area contributed by atoms with Gasteiger partial charge < -0.3 is 10.1 Å². The normalized spacial score (nSPS) is 23.3. The Morgan fingerprint density at radius 1 is 1.25 bits per heavy atom. The SMILES string of the molecule is CC(C)CC[C@H](CCN[C@@H](C)c1cccs1)[C@H]1CCOC(C)(C)C1. The van der Waals surface area contributed by atoms with E-state index in [9.17, 15) is 0 Å². The van der Waals surface area contributed by atoms with Crippen LogP contribution in [0.5, 0.6) is 0 Å². The van der Waals surface area contributed by atoms with Crippen LogP contribution in [0.2, 0.25) is 0 Å². The minimum absolute atomic E-state index is 0.0662. The second-order valence-corrected chi connectivity index (χ2v) is 9.55. The van der Waals surface area contributed by atoms with E-state index < -0.39 is 0 Å². The maximum atomic E-state index is 5.95. The molecular weight excluding hydrogens is 314 g/mol. The molecule has 0 unspecified atom stereocenters. The second-order valence-electron chi connectivity index (χ2n) is 8.57. The highest BCUT2D eigenvalue weighted by atomic mass is 32.1. The van der Waals surface area contributed by atoms with Gasteiger partial charge >= 0.3 is 0 Å². The van der Waals surface area contributed by atoms with Crippen molar-refractivity contribution in [2.45, 2.75) is 78.4 Å². The van der Waals surface area contributed by atoms with E-state index in [1.54, 1.807) is 0 Å². The highest BCUT2D eigenvalue weighted by Crippen LogP contribution is 2.37. The standard InChI is InChI=1S/C21H37NOS/c1-16(2)8-9-18(19-11-13-23-21(4,5)15-19)10-12-22-17(3)20-7-6-14-24-20/h6-7,14,16-19,22H,8-13,15H2,1-5H3/t17-,18+,19-/m0/s1. The van der Waals surface area contributed by atoms with Gasteiger partial charge in [0.15, 0.2) is 0 Å². The topological polar surface area (TPSA) is 21.3 Å². The summed E-state index contributed by atoms with van der Waals surface area (Å²) in [5.41, 5.74) is 0.0662. The van der Waals surface area contributed by atoms with Gasteiger partial charge in [0.25, 0.3) is 0 Å². The second kappa shape index (κ2) is 9.35. The number of rotatable bonds is 9. The molecule has 1 aliphatic heterocycles. The maximum Gasteiger partial charge on any atom is 0.0629 e. The Hall–Kier alpha value is -0.380. The van der Waals surface area contributed by atoms with Gasteiger partial charge in [0.1, 0.15) is 0 Å². The summed E-state index contributed by atoms with van der Waals surface area (Å²) < 4.78 is 5.95. The van der Waals surface area contributed by atoms with Gasteiger partial charge in [-0.05, 0) is 82.2 Å². The van der Waals surface area contributed by atoms with Crippen LogP contribution in [0.15, 0.2) is 17.5 Å². The molecule has 0 radical (unpaired) electrons. The van der Waals surface area contributed by atoms with Crippen LogP contribution in [0, 0.1) is 17.8 Å². The molecule has 0 aromatic carbocycles. The van der Waals surface area contributed by atoms with Crippen LogP contribution >= 0.6 is 11.3 Å². The molecule has 1 aromatic heterocycles. The van der Waals surface area contributed by atoms with Crippen molar-refractivity contribution in [1.29, 1.82) is 0 Å². The molecule has 0 bridgehead atoms. The first-order valence-electron chi connectivity index (χ1n) is 9.78. The van der Waals surface area contributed by atoms with Crippen LogP contribution < -0.4 is 5.32 Å². The molecule has 1 saturated heterocycles. The molecule has 1 fully saturated rings. The van der Waals surface area contributed by atoms with Crippen molar-refractivity contribution in [2.24, 2.45) is 17.8 Å². The molecule has 2 nitrogen and oxygen atoms in total. The fraction of sp³-hybridized carbons (Fsp3) is 0.810. The van der Waals surface area contributed by atoms with Gasteiger partial charge in [-0.3, -0.25) is 0 Å². The molecule has 138 valence electrons. The summed E-state index contributed by atoms with van der Waals surface area (Å²) in [5.74, 6) is 2.46. The molecule has 0 saturated carbocycles. The molecule has 1 aliphatic rings. The van der Waals surface area contributed by atoms with Crippen molar-refractivity contribution in [1.82, 2.24) is 5.32 Å². The van der Waals surface area contributed by atoms with E-state index in [-0.39, 0.29) is 5.60 Å². The lowest BCUT2D eigenvalue weighted by Crippen LogP contribution is -2.37. The van der Waals surface area contributed by atoms with Gasteiger partial charge in [-0.2, -0.15) is 0 Å². The summed E-state index contributed by atoms with van der Waals surface area (Å²) in [5, 5.41) is 5.91. The number of hydrogen-bond donors (Lipinski definition) is 1. The van der Waals surface area contributed by atoms with E-state index in [0.29, 0.717) is 6.04 Å². The summed E-state index contributed by atoms with van der Waals surface area (Å²) in [7, 11) is 0. The lowest BCUT2D eigenvalue weighted by Gasteiger charge is -2.39. The van der Waals surface area contributed by atoms with Crippen molar-refractivity contribution in [3.8, 4) is 0 Å². The third-order valence-corrected chi connectivity index (χ3v) is 6.51. The quantitative estimate of drug-likeness (QED) is 0.585. The van der Waals surface area contributed by atoms with E-state index >= 15 is 0 Å². The van der Waals surface area contributed by atoms with Crippen molar-refractivity contribution in [2.75, 3.05) is 13.2 Å². The van der Waals surface area contributed by atoms with E-state index in [0.717, 1.165) is 30.9 Å². The third kappa shape index (κ3) is 6.50. The van der Waals surface area contributed by atoms with Crippen LogP contribution in [0.4, 0.5) is 0 Å². The molecule has 3 heteroatoms. The monoisotopic (exact) mass is 351 g/mol. The molecule has 1 aromatic rings. The summed E-state index contributed by atoms with van der Waals surface area (Å²) in [6.07, 6.45) is 6.47. The summed E-state index contributed by atoms with van der Waals surface area (Å²) in [4.78, 5) is 1.45. The molecule has 1 N–H and O–H groups in total. The number of hydrogen-bond acceptors (Lipinski definition) is 3. The van der Waals surface area contributed by atoms with Crippen LogP contribution in [0.3, 0.4) is 0 Å². The van der Waals surface area contributed by atoms with Crippen molar-refractivity contribution < 1.29 is 4.74 Å². The summed E-state index contributed by atoms with van der Waals surface area (Å²) in [6.45, 7) is 13.6. The van der Waals surface area contributed by atoms with Crippen LogP contribution in [0.25, 0.3) is 0 Å². The average Bonchev–Trinajstić information content (AvgIpc) is 3.03. The van der Waals surface area contributed by atoms with Gasteiger partial charge in [0.05, 0.1) is 5.60 Å². The smallest absolute Gasteiger partial charge is 0.0629 e. The van der Waals surface area contributed by atoms with Crippen molar-refractivity contribution >= 4 is 11.3 Å². The highest BCUT2D eigenvalue weighted by Gasteiger charge is 2.33. The molecule has 0 spiro atoms. The Kier molecular flexibility index (Phi) is 7.77. The Morgan fingerprint density at radius 2 is 2.04 bits per heavy atom. The van der Waals surface area contributed by atoms with Gasteiger partial charge in [0, 0.05) is 17.5 Å². The van der Waals surface area contributed by atoms with E-state index in [1.165, 1.54) is 37.0 Å². The molecule has 3 atom stereocenters. The third-order valence-electron chi connectivity index (χ3n) is 5.45. The zero-order chi connectivity index (χ0) is 17.6. The van der Waals surface area contributed by atoms with Crippen LogP contribution in [0.1, 0.15) is 77.6 Å². The lowest BCUT2D eigenvalue weighted by molar-refractivity contribution is -0.0840. The van der Waals surface area contributed by atoms with Gasteiger partial charge in [0.2, 0.25) is 0 Å². The van der Waals surface area contributed by atoms with Crippen LogP contribution in [-0.4, -0.2) is 18.8 Å². The number of thiophene rings is 1. The molecule has 2 heterocycles. The molecule has 0 aliphatic carbocycles. The summed E-state index contributed by atoms with van der Waals surface area (Å²) in [6, 6.07) is 4.86. The predicted octanol–water partition coefficient (Wildman–Crippen LogP) is 6.05. The van der Waals surface area contributed by atoms with Crippen molar-refractivity contribution in [3.05, 3.63) is 22.4 Å². The zero-order valence-electron chi connectivity index (χ0n) is 16.3. The first-order valence-corrected chi connectivity index (χ1v) is 10.7. The Morgan fingerprint density at radius 3 is 2.67 bits per heavy atom. The largest absolute Gasteiger partial charge is 0.376 e. The van der Waals surface area contributed by atoms with E-state index in [1.807, 2.05) is 11.3 Å². The molecular formula is C21H37NOS. The zero-order valence-corrected chi connectivity index (χ0v) is 17.1. The van der Waals surface area contributed by atoms with Gasteiger partial charge in [-0.1, -0.05) is 26.3 Å². The Balaban J connectivity index is 1.85. The fourth-order valence-corrected chi connectivity index (χ4v) is 4.73. The molecule has 0 amide bonds. The van der Waals surface area contributed by atoms with E-state index in [4.69, 9.17) is 4.74 Å². The fourth-order valence-electron chi connectivity index (χ4n) is 3.97. The minimum Gasteiger partial charge on any atom is -0.376 e. The molecule has 2 rings (SSSR count). The first-order chi connectivity index (χ1) is 11.4. The Bertz CT molecular complexity index is 454. The maximum absolute atomic E-state index is 5.95. The van der Waals surface area contributed by atoms with Gasteiger partial charge in [-0.25, -0.2) is 0 Å². The minimum atomic E-state index is 0.0662. The predicted molar refractivity (Wildman–Crippen MR) is 106 cm³/mol. The average molecular weight is 352 g/mol. The Labute approximate surface area is 153 Å². The molecule has 24 heavy (non-hydrogen) atoms. The number of ether oxygens (including phenoxy) is 1. The van der Waals surface area contributed by atoms with Gasteiger partial charge in [-0.15, -0.1) is 11.3 Å². The lowest BCUT2D eigenvalue weighted by atomic mass is 9.75. The van der Waals surface area contributed by atoms with Crippen LogP contribution in [-0.2, 0) is 4.74 Å². The van der Waals surface area contributed by atoms with E-state index in [2.05, 4.69) is 57.4 Å². The highest BCUT2D eigenvalue weighted by molar-refractivity contribution is 7.10.